The zero-order chi connectivity index (χ0) is 19.7. The summed E-state index contributed by atoms with van der Waals surface area (Å²) in [6.45, 7) is 13.4. The fourth-order valence-electron chi connectivity index (χ4n) is 1.78. The second-order valence-corrected chi connectivity index (χ2v) is 3.70. The summed E-state index contributed by atoms with van der Waals surface area (Å²) in [4.78, 5) is 24.5. The number of carboxylic acids is 2. The second-order valence-electron chi connectivity index (χ2n) is 3.70. The molecule has 5 nitrogen and oxygen atoms in total. The van der Waals surface area contributed by atoms with Crippen LogP contribution < -0.4 is 10.6 Å². The van der Waals surface area contributed by atoms with E-state index in [-0.39, 0.29) is 18.5 Å². The number of carboxylic acid groups (broad SMARTS) is 2. The molecule has 0 aliphatic rings. The Balaban J connectivity index is -0.000000659. The van der Waals surface area contributed by atoms with Crippen LogP contribution in [0.3, 0.4) is 0 Å². The van der Waals surface area contributed by atoms with E-state index in [1.54, 1.807) is 31.4 Å². The van der Waals surface area contributed by atoms with E-state index < -0.39 is 11.9 Å². The number of aliphatic carboxylic acids is 1. The minimum Gasteiger partial charge on any atom is -0.481 e. The van der Waals surface area contributed by atoms with Crippen LogP contribution in [-0.2, 0) is 11.2 Å². The first-order valence-electron chi connectivity index (χ1n) is 7.91. The van der Waals surface area contributed by atoms with Crippen LogP contribution in [0.4, 0.5) is 0 Å². The van der Waals surface area contributed by atoms with Gasteiger partial charge in [-0.3, -0.25) is 4.79 Å². The minimum absolute atomic E-state index is 0.0393. The predicted octanol–water partition coefficient (Wildman–Crippen LogP) is 3.10. The summed E-state index contributed by atoms with van der Waals surface area (Å²) >= 11 is 3.53. The van der Waals surface area contributed by atoms with Crippen molar-refractivity contribution in [1.29, 1.82) is 0 Å². The van der Waals surface area contributed by atoms with Gasteiger partial charge in [-0.25, -0.2) is 4.79 Å². The third-order valence-corrected chi connectivity index (χ3v) is 2.55. The van der Waals surface area contributed by atoms with Gasteiger partial charge in [0.15, 0.2) is 0 Å². The van der Waals surface area contributed by atoms with Crippen LogP contribution in [0.2, 0.25) is 0 Å². The molecular weight excluding hydrogens is 326 g/mol. The number of aromatic carboxylic acids is 1. The van der Waals surface area contributed by atoms with Crippen molar-refractivity contribution >= 4 is 36.7 Å². The van der Waals surface area contributed by atoms with Gasteiger partial charge >= 0.3 is 11.9 Å². The van der Waals surface area contributed by atoms with Gasteiger partial charge in [-0.15, -0.1) is 0 Å². The lowest BCUT2D eigenvalue weighted by atomic mass is 10.1. The van der Waals surface area contributed by atoms with Crippen molar-refractivity contribution in [1.82, 2.24) is 4.98 Å². The Morgan fingerprint density at radius 1 is 1.17 bits per heavy atom. The Morgan fingerprint density at radius 2 is 1.67 bits per heavy atom. The lowest BCUT2D eigenvalue weighted by Gasteiger charge is -1.97. The number of aromatic amines is 1. The molecule has 0 aromatic carbocycles. The maximum absolute atomic E-state index is 11.1. The van der Waals surface area contributed by atoms with Gasteiger partial charge in [0, 0.05) is 17.0 Å². The second kappa shape index (κ2) is 17.4. The van der Waals surface area contributed by atoms with Crippen LogP contribution in [-0.4, -0.2) is 33.4 Å². The lowest BCUT2D eigenvalue weighted by Crippen LogP contribution is -2.24. The van der Waals surface area contributed by atoms with E-state index in [2.05, 4.69) is 24.2 Å². The highest BCUT2D eigenvalue weighted by Crippen LogP contribution is 2.03. The number of rotatable bonds is 5. The largest absolute Gasteiger partial charge is 0.481 e. The number of aromatic nitrogens is 1. The number of H-pyrrole nitrogens is 1. The molecule has 138 valence electrons. The number of thiol groups is 1. The van der Waals surface area contributed by atoms with E-state index in [1.807, 2.05) is 27.7 Å². The molecule has 0 amide bonds. The van der Waals surface area contributed by atoms with E-state index in [0.29, 0.717) is 16.1 Å². The van der Waals surface area contributed by atoms with Crippen LogP contribution >= 0.6 is 12.6 Å². The Morgan fingerprint density at radius 3 is 2.00 bits per heavy atom. The summed E-state index contributed by atoms with van der Waals surface area (Å²) in [6.07, 6.45) is 6.72. The van der Waals surface area contributed by atoms with Crippen molar-refractivity contribution in [3.05, 3.63) is 34.5 Å². The quantitative estimate of drug-likeness (QED) is 0.610. The van der Waals surface area contributed by atoms with Crippen molar-refractivity contribution in [2.45, 2.75) is 47.5 Å². The summed E-state index contributed by atoms with van der Waals surface area (Å²) < 4.78 is 0. The number of hydrogen-bond donors (Lipinski definition) is 4. The summed E-state index contributed by atoms with van der Waals surface area (Å²) in [5.74, 6) is -2.05. The minimum atomic E-state index is -1.10. The molecule has 0 bridgehead atoms. The average molecular weight is 358 g/mol. The van der Waals surface area contributed by atoms with Crippen LogP contribution in [0.15, 0.2) is 12.7 Å². The lowest BCUT2D eigenvalue weighted by molar-refractivity contribution is -0.136. The summed E-state index contributed by atoms with van der Waals surface area (Å²) in [7, 11) is 0. The van der Waals surface area contributed by atoms with Crippen molar-refractivity contribution < 1.29 is 19.8 Å². The third kappa shape index (κ3) is 9.25. The van der Waals surface area contributed by atoms with Gasteiger partial charge in [0.2, 0.25) is 0 Å². The molecule has 0 unspecified atom stereocenters. The van der Waals surface area contributed by atoms with Crippen molar-refractivity contribution in [2.75, 3.05) is 6.26 Å². The SMILES string of the molecule is C=C/C=c1/c(CCC(=O)O)c(C(=O)O)[nH]/c1=C/C.CC.CC.CS. The molecule has 0 saturated carbocycles. The summed E-state index contributed by atoms with van der Waals surface area (Å²) in [6, 6.07) is 0. The molecule has 1 heterocycles. The molecule has 1 aromatic rings. The Kier molecular flexibility index (Phi) is 19.5. The first kappa shape index (κ1) is 26.9. The average Bonchev–Trinajstić information content (AvgIpc) is 2.96. The van der Waals surface area contributed by atoms with Crippen LogP contribution in [0.5, 0.6) is 0 Å². The highest BCUT2D eigenvalue weighted by Gasteiger charge is 2.15. The van der Waals surface area contributed by atoms with Crippen LogP contribution in [0, 0.1) is 0 Å². The van der Waals surface area contributed by atoms with E-state index in [0.717, 1.165) is 0 Å². The zero-order valence-electron chi connectivity index (χ0n) is 15.5. The van der Waals surface area contributed by atoms with Gasteiger partial charge in [-0.1, -0.05) is 52.5 Å². The monoisotopic (exact) mass is 357 g/mol. The molecule has 0 fully saturated rings. The maximum Gasteiger partial charge on any atom is 0.352 e. The van der Waals surface area contributed by atoms with Gasteiger partial charge in [0.05, 0.1) is 0 Å². The fourth-order valence-corrected chi connectivity index (χ4v) is 1.78. The first-order valence-corrected chi connectivity index (χ1v) is 8.80. The predicted molar refractivity (Wildman–Crippen MR) is 105 cm³/mol. The normalized spacial score (nSPS) is 10.3. The number of hydrogen-bond acceptors (Lipinski definition) is 3. The Labute approximate surface area is 150 Å². The van der Waals surface area contributed by atoms with Crippen LogP contribution in [0.25, 0.3) is 12.2 Å². The molecule has 0 aliphatic heterocycles. The van der Waals surface area contributed by atoms with Gasteiger partial charge in [0.25, 0.3) is 0 Å². The number of allylic oxidation sites excluding steroid dienone is 1. The van der Waals surface area contributed by atoms with Gasteiger partial charge in [-0.2, -0.15) is 12.6 Å². The number of nitrogens with one attached hydrogen (secondary N) is 1. The summed E-state index contributed by atoms with van der Waals surface area (Å²) in [5.41, 5.74) is 0.537. The molecule has 0 saturated heterocycles. The first-order chi connectivity index (χ1) is 11.5. The molecule has 24 heavy (non-hydrogen) atoms. The van der Waals surface area contributed by atoms with Crippen molar-refractivity contribution in [3.63, 3.8) is 0 Å². The topological polar surface area (TPSA) is 90.4 Å². The van der Waals surface area contributed by atoms with Gasteiger partial charge < -0.3 is 15.2 Å². The summed E-state index contributed by atoms with van der Waals surface area (Å²) in [5, 5.41) is 19.1. The zero-order valence-corrected chi connectivity index (χ0v) is 16.4. The molecule has 6 heteroatoms. The molecule has 3 N–H and O–H groups in total. The van der Waals surface area contributed by atoms with Crippen molar-refractivity contribution in [2.24, 2.45) is 0 Å². The smallest absolute Gasteiger partial charge is 0.352 e. The van der Waals surface area contributed by atoms with Gasteiger partial charge in [0.1, 0.15) is 5.69 Å². The molecular formula is C18H31NO4S. The van der Waals surface area contributed by atoms with Crippen LogP contribution in [0.1, 0.15) is 57.1 Å². The van der Waals surface area contributed by atoms with Crippen molar-refractivity contribution in [3.8, 4) is 0 Å². The molecule has 0 radical (unpaired) electrons. The maximum atomic E-state index is 11.1. The van der Waals surface area contributed by atoms with E-state index in [4.69, 9.17) is 10.2 Å². The highest BCUT2D eigenvalue weighted by molar-refractivity contribution is 7.79. The van der Waals surface area contributed by atoms with E-state index >= 15 is 0 Å². The Bertz CT molecular complexity index is 603. The standard InChI is InChI=1S/C13H15NO4.2C2H6.CH4S/c1-3-5-8-9(6-7-11(15)16)12(13(17)18)14-10(8)4-2;3*1-2/h3-5,14H,1,6-7H2,2H3,(H,15,16)(H,17,18);2*1-2H3;2H,1H3/b8-5-,10-4+;;;. The third-order valence-electron chi connectivity index (χ3n) is 2.55. The highest BCUT2D eigenvalue weighted by atomic mass is 32.1. The molecule has 1 rings (SSSR count). The molecule has 0 spiro atoms. The molecule has 0 atom stereocenters. The fraction of sp³-hybridized carbons (Fsp3) is 0.444. The van der Waals surface area contributed by atoms with E-state index in [1.165, 1.54) is 0 Å². The van der Waals surface area contributed by atoms with E-state index in [9.17, 15) is 9.59 Å². The molecule has 1 aromatic heterocycles. The number of carbonyl (C=O) groups is 2. The molecule has 0 aliphatic carbocycles. The van der Waals surface area contributed by atoms with Gasteiger partial charge in [-0.05, 0) is 25.2 Å². The Hall–Kier alpha value is -1.95.